The molecule has 0 radical (unpaired) electrons. The summed E-state index contributed by atoms with van der Waals surface area (Å²) in [4.78, 5) is 15.4. The van der Waals surface area contributed by atoms with E-state index in [0.717, 1.165) is 50.6 Å². The summed E-state index contributed by atoms with van der Waals surface area (Å²) in [7, 11) is -6.43. The normalized spacial score (nSPS) is 16.1. The number of hydrogen-bond donors (Lipinski definition) is 1. The molecule has 0 spiro atoms. The molecule has 0 unspecified atom stereocenters. The van der Waals surface area contributed by atoms with Crippen LogP contribution in [0, 0.1) is 5.92 Å². The van der Waals surface area contributed by atoms with Gasteiger partial charge in [-0.2, -0.15) is 0 Å². The Hall–Kier alpha value is -1.98. The molecule has 38 heavy (non-hydrogen) atoms. The van der Waals surface area contributed by atoms with E-state index in [-0.39, 0.29) is 23.2 Å². The van der Waals surface area contributed by atoms with Gasteiger partial charge in [-0.15, -0.1) is 12.4 Å². The first-order valence-electron chi connectivity index (χ1n) is 12.8. The first-order valence-corrected chi connectivity index (χ1v) is 16.5. The maximum Gasteiger partial charge on any atom is 0.255 e. The van der Waals surface area contributed by atoms with Crippen molar-refractivity contribution in [1.82, 2.24) is 9.21 Å². The van der Waals surface area contributed by atoms with Crippen molar-refractivity contribution in [3.8, 4) is 0 Å². The molecule has 1 heterocycles. The number of carbonyl (C=O) groups is 1. The monoisotopic (exact) mass is 585 g/mol. The van der Waals surface area contributed by atoms with E-state index in [9.17, 15) is 21.6 Å². The zero-order valence-electron chi connectivity index (χ0n) is 22.6. The van der Waals surface area contributed by atoms with Gasteiger partial charge in [0.15, 0.2) is 9.84 Å². The molecule has 0 saturated carbocycles. The first-order chi connectivity index (χ1) is 17.4. The van der Waals surface area contributed by atoms with Gasteiger partial charge in [-0.25, -0.2) is 21.1 Å². The van der Waals surface area contributed by atoms with Crippen molar-refractivity contribution < 1.29 is 21.6 Å². The molecule has 0 aromatic heterocycles. The van der Waals surface area contributed by atoms with Gasteiger partial charge in [-0.3, -0.25) is 4.79 Å². The van der Waals surface area contributed by atoms with Gasteiger partial charge >= 0.3 is 0 Å². The maximum atomic E-state index is 12.7. The lowest BCUT2D eigenvalue weighted by Crippen LogP contribution is -2.44. The molecule has 0 bridgehead atoms. The van der Waals surface area contributed by atoms with Gasteiger partial charge in [-0.1, -0.05) is 19.1 Å². The van der Waals surface area contributed by atoms with Crippen molar-refractivity contribution >= 4 is 43.9 Å². The van der Waals surface area contributed by atoms with Crippen LogP contribution in [0.25, 0.3) is 0 Å². The molecule has 2 aromatic carbocycles. The van der Waals surface area contributed by atoms with Crippen molar-refractivity contribution in [1.29, 1.82) is 0 Å². The minimum atomic E-state index is -3.31. The number of nitrogens with one attached hydrogen (secondary N) is 1. The lowest BCUT2D eigenvalue weighted by atomic mass is 9.96. The Balaban J connectivity index is 0.00000507. The van der Waals surface area contributed by atoms with E-state index in [0.29, 0.717) is 36.3 Å². The van der Waals surface area contributed by atoms with E-state index in [2.05, 4.69) is 30.1 Å². The molecule has 1 atom stereocenters. The van der Waals surface area contributed by atoms with E-state index < -0.39 is 19.9 Å². The highest BCUT2D eigenvalue weighted by molar-refractivity contribution is 7.90. The predicted molar refractivity (Wildman–Crippen MR) is 155 cm³/mol. The summed E-state index contributed by atoms with van der Waals surface area (Å²) >= 11 is 0. The molecule has 1 aliphatic heterocycles. The summed E-state index contributed by atoms with van der Waals surface area (Å²) < 4.78 is 48.5. The molecule has 3 rings (SSSR count). The SMILES string of the molecule is CCCN(CC1CCN(S(C)(=O)=O)CC1)[C@H](C)Cc1cccc(NC(=O)c2ccc(S(C)(=O)=O)cc2)c1.Cl. The Morgan fingerprint density at radius 3 is 2.24 bits per heavy atom. The van der Waals surface area contributed by atoms with Crippen LogP contribution in [-0.2, 0) is 26.3 Å². The van der Waals surface area contributed by atoms with Crippen molar-refractivity contribution in [2.75, 3.05) is 44.0 Å². The van der Waals surface area contributed by atoms with E-state index in [1.807, 2.05) is 18.2 Å². The summed E-state index contributed by atoms with van der Waals surface area (Å²) in [5.74, 6) is 0.185. The third-order valence-corrected chi connectivity index (χ3v) is 9.36. The van der Waals surface area contributed by atoms with Gasteiger partial charge in [-0.05, 0) is 87.0 Å². The Labute approximate surface area is 234 Å². The fraction of sp³-hybridized carbons (Fsp3) is 0.519. The average Bonchev–Trinajstić information content (AvgIpc) is 2.83. The molecule has 8 nitrogen and oxygen atoms in total. The van der Waals surface area contributed by atoms with Crippen LogP contribution in [0.3, 0.4) is 0 Å². The van der Waals surface area contributed by atoms with Gasteiger partial charge in [0.2, 0.25) is 10.0 Å². The molecule has 2 aromatic rings. The smallest absolute Gasteiger partial charge is 0.255 e. The number of hydrogen-bond acceptors (Lipinski definition) is 6. The highest BCUT2D eigenvalue weighted by Crippen LogP contribution is 2.23. The summed E-state index contributed by atoms with van der Waals surface area (Å²) in [5.41, 5.74) is 2.20. The molecule has 0 aliphatic carbocycles. The van der Waals surface area contributed by atoms with Crippen molar-refractivity contribution in [2.24, 2.45) is 5.92 Å². The topological polar surface area (TPSA) is 104 Å². The second-order valence-corrected chi connectivity index (χ2v) is 14.1. The number of sulfone groups is 1. The van der Waals surface area contributed by atoms with Crippen LogP contribution in [0.5, 0.6) is 0 Å². The highest BCUT2D eigenvalue weighted by atomic mass is 35.5. The Kier molecular flexibility index (Phi) is 11.8. The van der Waals surface area contributed by atoms with Crippen molar-refractivity contribution in [3.63, 3.8) is 0 Å². The number of sulfonamides is 1. The third kappa shape index (κ3) is 9.34. The average molecular weight is 586 g/mol. The predicted octanol–water partition coefficient (Wildman–Crippen LogP) is 4.08. The van der Waals surface area contributed by atoms with Crippen LogP contribution in [-0.4, -0.2) is 76.7 Å². The zero-order chi connectivity index (χ0) is 27.2. The Morgan fingerprint density at radius 1 is 1.05 bits per heavy atom. The van der Waals surface area contributed by atoms with Crippen LogP contribution >= 0.6 is 12.4 Å². The molecule has 212 valence electrons. The van der Waals surface area contributed by atoms with Crippen molar-refractivity contribution in [2.45, 2.75) is 50.5 Å². The minimum absolute atomic E-state index is 0. The van der Waals surface area contributed by atoms with E-state index in [1.54, 1.807) is 4.31 Å². The molecule has 1 fully saturated rings. The summed E-state index contributed by atoms with van der Waals surface area (Å²) in [6.07, 6.45) is 6.05. The number of piperidine rings is 1. The fourth-order valence-electron chi connectivity index (χ4n) is 4.84. The Bertz CT molecular complexity index is 1280. The summed E-state index contributed by atoms with van der Waals surface area (Å²) in [6, 6.07) is 14.0. The standard InChI is InChI=1S/C27H39N3O5S2.ClH/c1-5-15-29(20-22-13-16-30(17-14-22)37(4,34)35)21(2)18-23-7-6-8-25(19-23)28-27(31)24-9-11-26(12-10-24)36(3,32)33;/h6-12,19,21-22H,5,13-18,20H2,1-4H3,(H,28,31);1H/t21-;/m1./s1. The molecular formula is C27H40ClN3O5S2. The maximum absolute atomic E-state index is 12.7. The van der Waals surface area contributed by atoms with Crippen LogP contribution < -0.4 is 5.32 Å². The largest absolute Gasteiger partial charge is 0.322 e. The van der Waals surface area contributed by atoms with Gasteiger partial charge in [0.25, 0.3) is 5.91 Å². The third-order valence-electron chi connectivity index (χ3n) is 6.93. The van der Waals surface area contributed by atoms with Crippen molar-refractivity contribution in [3.05, 3.63) is 59.7 Å². The van der Waals surface area contributed by atoms with Gasteiger partial charge in [0, 0.05) is 43.2 Å². The number of nitrogens with zero attached hydrogens (tertiary/aromatic N) is 2. The minimum Gasteiger partial charge on any atom is -0.322 e. The molecule has 1 saturated heterocycles. The lowest BCUT2D eigenvalue weighted by Gasteiger charge is -2.36. The molecule has 11 heteroatoms. The number of amides is 1. The number of benzene rings is 2. The van der Waals surface area contributed by atoms with Crippen LogP contribution in [0.2, 0.25) is 0 Å². The van der Waals surface area contributed by atoms with E-state index in [4.69, 9.17) is 0 Å². The van der Waals surface area contributed by atoms with E-state index in [1.165, 1.54) is 30.5 Å². The van der Waals surface area contributed by atoms with Crippen LogP contribution in [0.15, 0.2) is 53.4 Å². The summed E-state index contributed by atoms with van der Waals surface area (Å²) in [6.45, 7) is 7.51. The second kappa shape index (κ2) is 13.9. The van der Waals surface area contributed by atoms with Gasteiger partial charge in [0.1, 0.15) is 0 Å². The Morgan fingerprint density at radius 2 is 1.68 bits per heavy atom. The fourth-order valence-corrected chi connectivity index (χ4v) is 6.34. The number of carbonyl (C=O) groups excluding carboxylic acids is 1. The van der Waals surface area contributed by atoms with Gasteiger partial charge in [0.05, 0.1) is 11.2 Å². The lowest BCUT2D eigenvalue weighted by molar-refractivity contribution is 0.102. The zero-order valence-corrected chi connectivity index (χ0v) is 25.0. The summed E-state index contributed by atoms with van der Waals surface area (Å²) in [5, 5.41) is 2.91. The van der Waals surface area contributed by atoms with Crippen LogP contribution in [0.4, 0.5) is 5.69 Å². The highest BCUT2D eigenvalue weighted by Gasteiger charge is 2.27. The number of halogens is 1. The first kappa shape index (κ1) is 32.2. The molecule has 1 amide bonds. The molecular weight excluding hydrogens is 546 g/mol. The van der Waals surface area contributed by atoms with E-state index >= 15 is 0 Å². The molecule has 1 N–H and O–H groups in total. The number of anilines is 1. The number of rotatable bonds is 11. The van der Waals surface area contributed by atoms with Gasteiger partial charge < -0.3 is 10.2 Å². The van der Waals surface area contributed by atoms with Crippen LogP contribution in [0.1, 0.15) is 49.0 Å². The quantitative estimate of drug-likeness (QED) is 0.426. The molecule has 1 aliphatic rings. The second-order valence-electron chi connectivity index (χ2n) is 10.1.